The van der Waals surface area contributed by atoms with E-state index in [1.807, 2.05) is 0 Å². The lowest BCUT2D eigenvalue weighted by molar-refractivity contribution is -0.128. The van der Waals surface area contributed by atoms with Crippen LogP contribution in [0.4, 0.5) is 8.78 Å². The van der Waals surface area contributed by atoms with Gasteiger partial charge in [0.1, 0.15) is 5.82 Å². The molecule has 0 aromatic heterocycles. The van der Waals surface area contributed by atoms with E-state index in [2.05, 4.69) is 5.32 Å². The molecule has 0 aliphatic carbocycles. The number of para-hydroxylation sites is 1. The second kappa shape index (κ2) is 10.0. The van der Waals surface area contributed by atoms with Crippen LogP contribution in [0.1, 0.15) is 18.9 Å². The maximum absolute atomic E-state index is 13.6. The van der Waals surface area contributed by atoms with Gasteiger partial charge in [-0.15, -0.1) is 0 Å². The summed E-state index contributed by atoms with van der Waals surface area (Å²) in [6.45, 7) is 2.24. The van der Waals surface area contributed by atoms with Crippen molar-refractivity contribution in [3.05, 3.63) is 65.7 Å². The van der Waals surface area contributed by atoms with E-state index in [0.717, 1.165) is 0 Å². The van der Waals surface area contributed by atoms with Gasteiger partial charge in [-0.3, -0.25) is 4.79 Å². The molecule has 1 amide bonds. The minimum Gasteiger partial charge on any atom is -0.478 e. The zero-order valence-electron chi connectivity index (χ0n) is 14.0. The fourth-order valence-corrected chi connectivity index (χ4v) is 3.02. The van der Waals surface area contributed by atoms with Gasteiger partial charge in [-0.1, -0.05) is 37.3 Å². The maximum atomic E-state index is 13.6. The van der Waals surface area contributed by atoms with E-state index in [9.17, 15) is 13.6 Å². The van der Waals surface area contributed by atoms with Crippen LogP contribution in [0.25, 0.3) is 0 Å². The van der Waals surface area contributed by atoms with Gasteiger partial charge < -0.3 is 10.1 Å². The average Bonchev–Trinajstić information content (AvgIpc) is 2.62. The van der Waals surface area contributed by atoms with Gasteiger partial charge in [-0.25, -0.2) is 8.78 Å². The summed E-state index contributed by atoms with van der Waals surface area (Å²) >= 11 is 1.53. The predicted molar refractivity (Wildman–Crippen MR) is 96.7 cm³/mol. The van der Waals surface area contributed by atoms with Crippen LogP contribution in [0.5, 0.6) is 5.75 Å². The summed E-state index contributed by atoms with van der Waals surface area (Å²) in [7, 11) is 0. The van der Waals surface area contributed by atoms with E-state index in [0.29, 0.717) is 30.0 Å². The van der Waals surface area contributed by atoms with Crippen LogP contribution in [0.3, 0.4) is 0 Å². The molecule has 0 bridgehead atoms. The molecule has 2 aromatic rings. The third-order valence-electron chi connectivity index (χ3n) is 3.53. The van der Waals surface area contributed by atoms with Crippen molar-refractivity contribution in [2.24, 2.45) is 0 Å². The SMILES string of the molecule is CCC(Oc1ccccc1F)C(=O)NCCSCc1ccccc1F. The molecule has 0 saturated carbocycles. The number of ether oxygens (including phenoxy) is 1. The molecule has 6 heteroatoms. The Bertz CT molecular complexity index is 697. The van der Waals surface area contributed by atoms with Crippen LogP contribution in [-0.4, -0.2) is 24.3 Å². The van der Waals surface area contributed by atoms with Gasteiger partial charge in [0.2, 0.25) is 0 Å². The smallest absolute Gasteiger partial charge is 0.261 e. The first-order chi connectivity index (χ1) is 12.1. The second-order valence-electron chi connectivity index (χ2n) is 5.38. The Kier molecular flexibility index (Phi) is 7.73. The molecule has 1 N–H and O–H groups in total. The van der Waals surface area contributed by atoms with E-state index in [1.165, 1.54) is 30.0 Å². The first-order valence-electron chi connectivity index (χ1n) is 8.12. The van der Waals surface area contributed by atoms with Crippen LogP contribution in [0, 0.1) is 11.6 Å². The van der Waals surface area contributed by atoms with Crippen LogP contribution < -0.4 is 10.1 Å². The zero-order chi connectivity index (χ0) is 18.1. The monoisotopic (exact) mass is 365 g/mol. The number of halogens is 2. The van der Waals surface area contributed by atoms with Gasteiger partial charge in [-0.2, -0.15) is 11.8 Å². The number of thioether (sulfide) groups is 1. The topological polar surface area (TPSA) is 38.3 Å². The lowest BCUT2D eigenvalue weighted by atomic mass is 10.2. The zero-order valence-corrected chi connectivity index (χ0v) is 14.8. The molecule has 0 aliphatic rings. The van der Waals surface area contributed by atoms with Crippen LogP contribution >= 0.6 is 11.8 Å². The number of amides is 1. The quantitative estimate of drug-likeness (QED) is 0.678. The molecule has 0 radical (unpaired) electrons. The minimum absolute atomic E-state index is 0.0680. The van der Waals surface area contributed by atoms with Crippen LogP contribution in [0.15, 0.2) is 48.5 Å². The molecule has 0 spiro atoms. The van der Waals surface area contributed by atoms with Crippen molar-refractivity contribution >= 4 is 17.7 Å². The summed E-state index contributed by atoms with van der Waals surface area (Å²) in [5, 5.41) is 2.77. The van der Waals surface area contributed by atoms with Crippen molar-refractivity contribution in [3.63, 3.8) is 0 Å². The molecule has 1 atom stereocenters. The van der Waals surface area contributed by atoms with E-state index >= 15 is 0 Å². The molecular formula is C19H21F2NO2S. The lowest BCUT2D eigenvalue weighted by Gasteiger charge is -2.17. The molecule has 134 valence electrons. The van der Waals surface area contributed by atoms with E-state index in [-0.39, 0.29) is 17.5 Å². The first kappa shape index (κ1) is 19.2. The highest BCUT2D eigenvalue weighted by Crippen LogP contribution is 2.18. The molecule has 3 nitrogen and oxygen atoms in total. The maximum Gasteiger partial charge on any atom is 0.261 e. The standard InChI is InChI=1S/C19H21F2NO2S/c1-2-17(24-18-10-6-5-9-16(18)21)19(23)22-11-12-25-13-14-7-3-4-8-15(14)20/h3-10,17H,2,11-13H2,1H3,(H,22,23). The molecule has 0 heterocycles. The van der Waals surface area contributed by atoms with Gasteiger partial charge in [-0.05, 0) is 30.2 Å². The fraction of sp³-hybridized carbons (Fsp3) is 0.316. The van der Waals surface area contributed by atoms with E-state index in [4.69, 9.17) is 4.74 Å². The Balaban J connectivity index is 1.73. The van der Waals surface area contributed by atoms with Crippen molar-refractivity contribution < 1.29 is 18.3 Å². The Morgan fingerprint density at radius 1 is 1.12 bits per heavy atom. The summed E-state index contributed by atoms with van der Waals surface area (Å²) in [6.07, 6.45) is -0.309. The summed E-state index contributed by atoms with van der Waals surface area (Å²) < 4.78 is 32.5. The normalized spacial score (nSPS) is 11.8. The summed E-state index contributed by atoms with van der Waals surface area (Å²) in [5.74, 6) is 0.273. The van der Waals surface area contributed by atoms with Gasteiger partial charge >= 0.3 is 0 Å². The number of hydrogen-bond donors (Lipinski definition) is 1. The molecule has 2 aromatic carbocycles. The number of carbonyl (C=O) groups excluding carboxylic acids is 1. The van der Waals surface area contributed by atoms with Gasteiger partial charge in [0.25, 0.3) is 5.91 Å². The lowest BCUT2D eigenvalue weighted by Crippen LogP contribution is -2.39. The van der Waals surface area contributed by atoms with Crippen molar-refractivity contribution in [1.29, 1.82) is 0 Å². The number of nitrogens with one attached hydrogen (secondary N) is 1. The predicted octanol–water partition coefficient (Wildman–Crippen LogP) is 4.17. The number of hydrogen-bond acceptors (Lipinski definition) is 3. The highest BCUT2D eigenvalue weighted by Gasteiger charge is 2.19. The Hall–Kier alpha value is -2.08. The van der Waals surface area contributed by atoms with Gasteiger partial charge in [0.05, 0.1) is 0 Å². The third-order valence-corrected chi connectivity index (χ3v) is 4.54. The highest BCUT2D eigenvalue weighted by atomic mass is 32.2. The van der Waals surface area contributed by atoms with Crippen molar-refractivity contribution in [3.8, 4) is 5.75 Å². The molecule has 0 fully saturated rings. The Morgan fingerprint density at radius 3 is 2.48 bits per heavy atom. The van der Waals surface area contributed by atoms with E-state index < -0.39 is 11.9 Å². The molecule has 25 heavy (non-hydrogen) atoms. The molecule has 2 rings (SSSR count). The molecule has 1 unspecified atom stereocenters. The number of rotatable bonds is 9. The van der Waals surface area contributed by atoms with Crippen LogP contribution in [0.2, 0.25) is 0 Å². The first-order valence-corrected chi connectivity index (χ1v) is 9.27. The Morgan fingerprint density at radius 2 is 1.80 bits per heavy atom. The largest absolute Gasteiger partial charge is 0.478 e. The van der Waals surface area contributed by atoms with Gasteiger partial charge in [0, 0.05) is 18.1 Å². The summed E-state index contributed by atoms with van der Waals surface area (Å²) in [5.41, 5.74) is 0.646. The average molecular weight is 365 g/mol. The molecular weight excluding hydrogens is 344 g/mol. The summed E-state index contributed by atoms with van der Waals surface area (Å²) in [6, 6.07) is 12.6. The van der Waals surface area contributed by atoms with Crippen molar-refractivity contribution in [2.75, 3.05) is 12.3 Å². The number of benzene rings is 2. The summed E-state index contributed by atoms with van der Waals surface area (Å²) in [4.78, 5) is 12.1. The van der Waals surface area contributed by atoms with Crippen molar-refractivity contribution in [2.45, 2.75) is 25.2 Å². The highest BCUT2D eigenvalue weighted by molar-refractivity contribution is 7.98. The molecule has 0 aliphatic heterocycles. The van der Waals surface area contributed by atoms with Gasteiger partial charge in [0.15, 0.2) is 17.7 Å². The number of carbonyl (C=O) groups is 1. The van der Waals surface area contributed by atoms with E-state index in [1.54, 1.807) is 37.3 Å². The van der Waals surface area contributed by atoms with Crippen molar-refractivity contribution in [1.82, 2.24) is 5.32 Å². The minimum atomic E-state index is -0.742. The molecule has 0 saturated heterocycles. The third kappa shape index (κ3) is 6.05. The fourth-order valence-electron chi connectivity index (χ4n) is 2.17. The second-order valence-corrected chi connectivity index (χ2v) is 6.49. The Labute approximate surface area is 150 Å². The van der Waals surface area contributed by atoms with Crippen LogP contribution in [-0.2, 0) is 10.5 Å².